The minimum absolute atomic E-state index is 0.0691. The number of carbonyl (C=O) groups excluding carboxylic acids is 2. The highest BCUT2D eigenvalue weighted by Gasteiger charge is 2.65. The van der Waals surface area contributed by atoms with Crippen molar-refractivity contribution in [2.75, 3.05) is 13.7 Å². The number of esters is 1. The molecule has 1 saturated heterocycles. The average Bonchev–Trinajstić information content (AvgIpc) is 3.03. The third-order valence-electron chi connectivity index (χ3n) is 7.24. The lowest BCUT2D eigenvalue weighted by atomic mass is 9.72. The Morgan fingerprint density at radius 1 is 1.31 bits per heavy atom. The molecule has 3 aliphatic rings. The van der Waals surface area contributed by atoms with Crippen LogP contribution in [0.15, 0.2) is 12.1 Å². The van der Waals surface area contributed by atoms with Gasteiger partial charge in [-0.15, -0.1) is 0 Å². The van der Waals surface area contributed by atoms with Gasteiger partial charge in [0.25, 0.3) is 0 Å². The van der Waals surface area contributed by atoms with Crippen LogP contribution >= 0.6 is 0 Å². The normalized spacial score (nSPS) is 35.1. The molecule has 0 unspecified atom stereocenters. The van der Waals surface area contributed by atoms with E-state index < -0.39 is 11.6 Å². The van der Waals surface area contributed by atoms with Gasteiger partial charge in [-0.1, -0.05) is 19.1 Å². The van der Waals surface area contributed by atoms with Gasteiger partial charge in [0.1, 0.15) is 6.04 Å². The van der Waals surface area contributed by atoms with E-state index in [1.54, 1.807) is 0 Å². The largest absolute Gasteiger partial charge is 0.467 e. The first kappa shape index (κ1) is 17.5. The Morgan fingerprint density at radius 2 is 2.00 bits per heavy atom. The monoisotopic (exact) mass is 356 g/mol. The number of rotatable bonds is 2. The summed E-state index contributed by atoms with van der Waals surface area (Å²) in [6.45, 7) is 7.03. The number of benzene rings is 1. The molecule has 2 heterocycles. The van der Waals surface area contributed by atoms with Gasteiger partial charge in [0.15, 0.2) is 0 Å². The quantitative estimate of drug-likeness (QED) is 0.823. The van der Waals surface area contributed by atoms with E-state index in [4.69, 9.17) is 10.5 Å². The molecule has 1 saturated carbocycles. The first-order valence-corrected chi connectivity index (χ1v) is 9.55. The van der Waals surface area contributed by atoms with E-state index in [0.717, 1.165) is 6.42 Å². The van der Waals surface area contributed by atoms with Crippen molar-refractivity contribution < 1.29 is 14.3 Å². The molecule has 0 radical (unpaired) electrons. The molecule has 0 bridgehead atoms. The Balaban J connectivity index is 1.97. The molecule has 1 aliphatic carbocycles. The topological polar surface area (TPSA) is 72.6 Å². The lowest BCUT2D eigenvalue weighted by Crippen LogP contribution is -2.58. The Hall–Kier alpha value is -1.88. The van der Waals surface area contributed by atoms with Crippen LogP contribution in [0.5, 0.6) is 0 Å². The summed E-state index contributed by atoms with van der Waals surface area (Å²) in [5.41, 5.74) is 10.6. The van der Waals surface area contributed by atoms with Crippen molar-refractivity contribution in [2.45, 2.75) is 51.6 Å². The summed E-state index contributed by atoms with van der Waals surface area (Å²) in [5, 5.41) is 0. The Morgan fingerprint density at radius 3 is 2.65 bits per heavy atom. The predicted molar refractivity (Wildman–Crippen MR) is 98.4 cm³/mol. The Labute approximate surface area is 154 Å². The van der Waals surface area contributed by atoms with Crippen molar-refractivity contribution in [3.8, 4) is 0 Å². The zero-order valence-corrected chi connectivity index (χ0v) is 16.0. The van der Waals surface area contributed by atoms with Crippen molar-refractivity contribution in [1.82, 2.24) is 4.90 Å². The number of hydrogen-bond donors (Lipinski definition) is 1. The van der Waals surface area contributed by atoms with Gasteiger partial charge in [-0.25, -0.2) is 4.79 Å². The maximum atomic E-state index is 13.1. The second kappa shape index (κ2) is 5.81. The number of nitrogens with zero attached hydrogens (tertiary/aromatic N) is 1. The van der Waals surface area contributed by atoms with Crippen LogP contribution in [-0.2, 0) is 26.3 Å². The molecule has 1 amide bonds. The molecule has 26 heavy (non-hydrogen) atoms. The van der Waals surface area contributed by atoms with E-state index in [1.165, 1.54) is 29.4 Å². The molecule has 2 aliphatic heterocycles. The van der Waals surface area contributed by atoms with Crippen LogP contribution < -0.4 is 5.73 Å². The second-order valence-corrected chi connectivity index (χ2v) is 8.42. The van der Waals surface area contributed by atoms with E-state index in [2.05, 4.69) is 32.9 Å². The fourth-order valence-corrected chi connectivity index (χ4v) is 6.01. The zero-order valence-electron chi connectivity index (χ0n) is 16.0. The number of nitrogens with two attached hydrogens (primary N) is 1. The number of ether oxygens (including phenoxy) is 1. The summed E-state index contributed by atoms with van der Waals surface area (Å²) in [6, 6.07) is 3.92. The minimum atomic E-state index is -0.532. The molecule has 5 atom stereocenters. The number of amides is 1. The lowest BCUT2D eigenvalue weighted by molar-refractivity contribution is -0.156. The van der Waals surface area contributed by atoms with E-state index >= 15 is 0 Å². The summed E-state index contributed by atoms with van der Waals surface area (Å²) in [5.74, 6) is 0.648. The minimum Gasteiger partial charge on any atom is -0.467 e. The van der Waals surface area contributed by atoms with Gasteiger partial charge in [0.05, 0.1) is 12.6 Å². The number of aryl methyl sites for hydroxylation is 2. The van der Waals surface area contributed by atoms with Crippen molar-refractivity contribution in [3.05, 3.63) is 34.4 Å². The third-order valence-corrected chi connectivity index (χ3v) is 7.24. The van der Waals surface area contributed by atoms with Gasteiger partial charge in [0, 0.05) is 12.8 Å². The second-order valence-electron chi connectivity index (χ2n) is 8.42. The maximum absolute atomic E-state index is 13.1. The van der Waals surface area contributed by atoms with Crippen LogP contribution in [0.2, 0.25) is 0 Å². The molecule has 1 aromatic carbocycles. The van der Waals surface area contributed by atoms with Crippen molar-refractivity contribution in [2.24, 2.45) is 23.5 Å². The fourth-order valence-electron chi connectivity index (χ4n) is 6.01. The van der Waals surface area contributed by atoms with E-state index in [9.17, 15) is 9.59 Å². The summed E-state index contributed by atoms with van der Waals surface area (Å²) < 4.78 is 5.08. The highest BCUT2D eigenvalue weighted by atomic mass is 16.5. The van der Waals surface area contributed by atoms with E-state index in [-0.39, 0.29) is 17.8 Å². The summed E-state index contributed by atoms with van der Waals surface area (Å²) in [7, 11) is 1.41. The fraction of sp³-hybridized carbons (Fsp3) is 0.619. The van der Waals surface area contributed by atoms with Crippen LogP contribution in [0.4, 0.5) is 0 Å². The summed E-state index contributed by atoms with van der Waals surface area (Å²) in [4.78, 5) is 27.5. The lowest BCUT2D eigenvalue weighted by Gasteiger charge is -2.48. The van der Waals surface area contributed by atoms with E-state index in [0.29, 0.717) is 31.2 Å². The summed E-state index contributed by atoms with van der Waals surface area (Å²) in [6.07, 6.45) is 1.88. The molecule has 5 nitrogen and oxygen atoms in total. The van der Waals surface area contributed by atoms with Crippen LogP contribution in [0, 0.1) is 31.6 Å². The zero-order chi connectivity index (χ0) is 18.8. The highest BCUT2D eigenvalue weighted by Crippen LogP contribution is 2.61. The summed E-state index contributed by atoms with van der Waals surface area (Å²) >= 11 is 0. The SMILES string of the molecule is COC(=O)[C@@H]1Cc2cc(C)c(C)cc2[C@@]23C[C@H](C)[C@@H](CN)[C@@H]2CC(=O)N13. The molecule has 1 spiro atoms. The van der Waals surface area contributed by atoms with Crippen molar-refractivity contribution in [1.29, 1.82) is 0 Å². The Kier molecular flexibility index (Phi) is 3.92. The molecular weight excluding hydrogens is 328 g/mol. The molecule has 4 rings (SSSR count). The van der Waals surface area contributed by atoms with Gasteiger partial charge in [0.2, 0.25) is 5.91 Å². The van der Waals surface area contributed by atoms with Crippen LogP contribution in [0.25, 0.3) is 0 Å². The smallest absolute Gasteiger partial charge is 0.328 e. The van der Waals surface area contributed by atoms with Crippen LogP contribution in [0.1, 0.15) is 42.0 Å². The molecule has 2 fully saturated rings. The number of carbonyl (C=O) groups is 2. The standard InChI is InChI=1S/C21H28N2O3/c1-11-5-14-7-18(20(25)26-4)23-19(24)8-17-15(10-22)13(3)9-21(17,23)16(14)6-12(11)2/h5-6,13,15,17-18H,7-10,22H2,1-4H3/t13-,15+,17-,18-,21-/m0/s1. The average molecular weight is 356 g/mol. The van der Waals surface area contributed by atoms with Crippen molar-refractivity contribution in [3.63, 3.8) is 0 Å². The van der Waals surface area contributed by atoms with Gasteiger partial charge in [-0.2, -0.15) is 0 Å². The molecule has 1 aromatic rings. The number of hydrogen-bond acceptors (Lipinski definition) is 4. The Bertz CT molecular complexity index is 790. The molecular formula is C21H28N2O3. The van der Waals surface area contributed by atoms with Gasteiger partial charge in [-0.3, -0.25) is 4.79 Å². The first-order valence-electron chi connectivity index (χ1n) is 9.55. The van der Waals surface area contributed by atoms with Crippen molar-refractivity contribution >= 4 is 11.9 Å². The highest BCUT2D eigenvalue weighted by molar-refractivity contribution is 5.89. The van der Waals surface area contributed by atoms with E-state index in [1.807, 2.05) is 4.90 Å². The predicted octanol–water partition coefficient (Wildman–Crippen LogP) is 2.06. The molecule has 5 heteroatoms. The molecule has 2 N–H and O–H groups in total. The maximum Gasteiger partial charge on any atom is 0.328 e. The first-order chi connectivity index (χ1) is 12.3. The van der Waals surface area contributed by atoms with Gasteiger partial charge < -0.3 is 15.4 Å². The number of methoxy groups -OCH3 is 1. The van der Waals surface area contributed by atoms with Gasteiger partial charge in [-0.05, 0) is 66.8 Å². The van der Waals surface area contributed by atoms with Gasteiger partial charge >= 0.3 is 5.97 Å². The van der Waals surface area contributed by atoms with Crippen LogP contribution in [0.3, 0.4) is 0 Å². The molecule has 140 valence electrons. The molecule has 0 aromatic heterocycles. The third kappa shape index (κ3) is 2.07. The van der Waals surface area contributed by atoms with Crippen LogP contribution in [-0.4, -0.2) is 36.5 Å². The number of fused-ring (bicyclic) bond motifs is 1.